The van der Waals surface area contributed by atoms with Crippen LogP contribution >= 0.6 is 0 Å². The molecule has 0 spiro atoms. The van der Waals surface area contributed by atoms with E-state index in [0.29, 0.717) is 38.6 Å². The van der Waals surface area contributed by atoms with Crippen LogP contribution in [-0.2, 0) is 14.4 Å². The first kappa shape index (κ1) is 16.2. The molecule has 3 aliphatic rings. The fraction of sp³-hybridized carbons (Fsp3) is 0.812. The highest BCUT2D eigenvalue weighted by molar-refractivity contribution is 5.86. The molecule has 0 bridgehead atoms. The lowest BCUT2D eigenvalue weighted by Gasteiger charge is -2.41. The second kappa shape index (κ2) is 6.09. The van der Waals surface area contributed by atoms with Crippen LogP contribution in [0.5, 0.6) is 0 Å². The molecule has 0 radical (unpaired) electrons. The molecule has 3 fully saturated rings. The molecule has 0 aromatic carbocycles. The Hall–Kier alpha value is -1.66. The number of hydrogen-bond acceptors (Lipinski definition) is 3. The fourth-order valence-electron chi connectivity index (χ4n) is 3.90. The Kier molecular flexibility index (Phi) is 4.29. The lowest BCUT2D eigenvalue weighted by molar-refractivity contribution is -0.149. The number of likely N-dealkylation sites (N-methyl/N-ethyl adjacent to an activating group) is 1. The predicted molar refractivity (Wildman–Crippen MR) is 81.2 cm³/mol. The molecule has 0 N–H and O–H groups in total. The summed E-state index contributed by atoms with van der Waals surface area (Å²) in [4.78, 5) is 41.7. The van der Waals surface area contributed by atoms with Crippen LogP contribution in [0.1, 0.15) is 32.1 Å². The van der Waals surface area contributed by atoms with Crippen molar-refractivity contribution < 1.29 is 18.8 Å². The van der Waals surface area contributed by atoms with E-state index in [2.05, 4.69) is 0 Å². The predicted octanol–water partition coefficient (Wildman–Crippen LogP) is 0.415. The van der Waals surface area contributed by atoms with Crippen molar-refractivity contribution >= 4 is 17.7 Å². The van der Waals surface area contributed by atoms with Gasteiger partial charge in [0, 0.05) is 33.0 Å². The third-order valence-electron chi connectivity index (χ3n) is 5.40. The molecule has 3 amide bonds. The number of likely N-dealkylation sites (tertiary alicyclic amines) is 2. The first-order valence-electron chi connectivity index (χ1n) is 8.32. The zero-order valence-corrected chi connectivity index (χ0v) is 13.7. The van der Waals surface area contributed by atoms with E-state index in [1.54, 1.807) is 19.0 Å². The third-order valence-corrected chi connectivity index (χ3v) is 5.40. The summed E-state index contributed by atoms with van der Waals surface area (Å²) in [6.45, 7) is 0.673. The van der Waals surface area contributed by atoms with Gasteiger partial charge in [-0.1, -0.05) is 0 Å². The van der Waals surface area contributed by atoms with Crippen molar-refractivity contribution in [3.05, 3.63) is 0 Å². The Balaban J connectivity index is 1.68. The van der Waals surface area contributed by atoms with E-state index >= 15 is 0 Å². The van der Waals surface area contributed by atoms with Gasteiger partial charge in [-0.25, -0.2) is 4.39 Å². The van der Waals surface area contributed by atoms with Gasteiger partial charge < -0.3 is 14.7 Å². The minimum Gasteiger partial charge on any atom is -0.347 e. The molecule has 2 saturated heterocycles. The van der Waals surface area contributed by atoms with Crippen molar-refractivity contribution in [3.63, 3.8) is 0 Å². The number of fused-ring (bicyclic) bond motifs is 1. The lowest BCUT2D eigenvalue weighted by Crippen LogP contribution is -2.56. The normalized spacial score (nSPS) is 33.3. The van der Waals surface area contributed by atoms with E-state index in [4.69, 9.17) is 0 Å². The molecule has 0 aromatic heterocycles. The maximum Gasteiger partial charge on any atom is 0.241 e. The molecule has 23 heavy (non-hydrogen) atoms. The van der Waals surface area contributed by atoms with Gasteiger partial charge in [-0.05, 0) is 25.7 Å². The summed E-state index contributed by atoms with van der Waals surface area (Å²) in [5.74, 6) is -0.288. The van der Waals surface area contributed by atoms with Crippen molar-refractivity contribution in [2.24, 2.45) is 5.92 Å². The van der Waals surface area contributed by atoms with Gasteiger partial charge in [0.05, 0.1) is 12.1 Å². The average Bonchev–Trinajstić information content (AvgIpc) is 2.90. The molecule has 128 valence electrons. The van der Waals surface area contributed by atoms with E-state index in [-0.39, 0.29) is 42.3 Å². The summed E-state index contributed by atoms with van der Waals surface area (Å²) in [5.41, 5.74) is 0. The molecule has 6 nitrogen and oxygen atoms in total. The number of piperidine rings is 1. The van der Waals surface area contributed by atoms with Gasteiger partial charge in [-0.3, -0.25) is 14.4 Å². The number of alkyl halides is 1. The molecule has 0 unspecified atom stereocenters. The third kappa shape index (κ3) is 2.93. The zero-order valence-electron chi connectivity index (χ0n) is 13.7. The second-order valence-electron chi connectivity index (χ2n) is 7.07. The van der Waals surface area contributed by atoms with Crippen LogP contribution in [0.15, 0.2) is 0 Å². The summed E-state index contributed by atoms with van der Waals surface area (Å²) in [7, 11) is 3.34. The van der Waals surface area contributed by atoms with Crippen LogP contribution in [0.2, 0.25) is 0 Å². The van der Waals surface area contributed by atoms with Gasteiger partial charge in [0.2, 0.25) is 17.7 Å². The van der Waals surface area contributed by atoms with Gasteiger partial charge >= 0.3 is 0 Å². The van der Waals surface area contributed by atoms with Crippen molar-refractivity contribution in [1.82, 2.24) is 14.7 Å². The zero-order chi connectivity index (χ0) is 16.7. The minimum absolute atomic E-state index is 0.0109. The Bertz CT molecular complexity index is 519. The maximum absolute atomic E-state index is 13.0. The quantitative estimate of drug-likeness (QED) is 0.755. The van der Waals surface area contributed by atoms with E-state index < -0.39 is 6.17 Å². The smallest absolute Gasteiger partial charge is 0.241 e. The van der Waals surface area contributed by atoms with Gasteiger partial charge in [0.15, 0.2) is 0 Å². The van der Waals surface area contributed by atoms with Crippen LogP contribution < -0.4 is 0 Å². The summed E-state index contributed by atoms with van der Waals surface area (Å²) in [5, 5.41) is 0. The van der Waals surface area contributed by atoms with E-state index in [1.807, 2.05) is 4.90 Å². The fourth-order valence-corrected chi connectivity index (χ4v) is 3.90. The average molecular weight is 325 g/mol. The van der Waals surface area contributed by atoms with Crippen molar-refractivity contribution in [2.45, 2.75) is 50.4 Å². The molecule has 1 aliphatic carbocycles. The molecule has 2 aliphatic heterocycles. The van der Waals surface area contributed by atoms with Crippen molar-refractivity contribution in [2.75, 3.05) is 27.2 Å². The molecule has 7 heteroatoms. The largest absolute Gasteiger partial charge is 0.347 e. The summed E-state index contributed by atoms with van der Waals surface area (Å²) >= 11 is 0. The molecule has 3 rings (SSSR count). The SMILES string of the molecule is CN(C)C(=O)CN1C(=O)CC[C@@H]2[C@H]1CCN2C(=O)C1CC(F)C1. The standard InChI is InChI=1S/C16H24FN3O3/c1-18(2)15(22)9-20-13-5-6-19(12(13)3-4-14(20)21)16(23)10-7-11(17)8-10/h10-13H,3-9H2,1-2H3/t10?,11?,12-,13-/m1/s1. The maximum atomic E-state index is 13.0. The molecule has 0 aromatic rings. The topological polar surface area (TPSA) is 60.9 Å². The Morgan fingerprint density at radius 1 is 1.22 bits per heavy atom. The van der Waals surface area contributed by atoms with Gasteiger partial charge in [-0.2, -0.15) is 0 Å². The summed E-state index contributed by atoms with van der Waals surface area (Å²) in [6.07, 6.45) is 1.53. The highest BCUT2D eigenvalue weighted by Gasteiger charge is 2.48. The van der Waals surface area contributed by atoms with Gasteiger partial charge in [0.25, 0.3) is 0 Å². The number of halogens is 1. The number of amides is 3. The molecule has 2 heterocycles. The first-order valence-corrected chi connectivity index (χ1v) is 8.32. The van der Waals surface area contributed by atoms with Crippen LogP contribution in [0.25, 0.3) is 0 Å². The molecular weight excluding hydrogens is 301 g/mol. The minimum atomic E-state index is -0.843. The Morgan fingerprint density at radius 2 is 1.91 bits per heavy atom. The molecular formula is C16H24FN3O3. The van der Waals surface area contributed by atoms with Crippen molar-refractivity contribution in [1.29, 1.82) is 0 Å². The van der Waals surface area contributed by atoms with Crippen LogP contribution in [-0.4, -0.2) is 77.9 Å². The number of carbonyl (C=O) groups is 3. The highest BCUT2D eigenvalue weighted by atomic mass is 19.1. The van der Waals surface area contributed by atoms with E-state index in [1.165, 1.54) is 4.90 Å². The van der Waals surface area contributed by atoms with Crippen LogP contribution in [0.3, 0.4) is 0 Å². The second-order valence-corrected chi connectivity index (χ2v) is 7.07. The summed E-state index contributed by atoms with van der Waals surface area (Å²) in [6, 6.07) is -0.0980. The number of nitrogens with zero attached hydrogens (tertiary/aromatic N) is 3. The number of carbonyl (C=O) groups excluding carboxylic acids is 3. The first-order chi connectivity index (χ1) is 10.9. The summed E-state index contributed by atoms with van der Waals surface area (Å²) < 4.78 is 13.0. The molecule has 1 saturated carbocycles. The molecule has 2 atom stereocenters. The highest BCUT2D eigenvalue weighted by Crippen LogP contribution is 2.37. The monoisotopic (exact) mass is 325 g/mol. The number of hydrogen-bond donors (Lipinski definition) is 0. The van der Waals surface area contributed by atoms with E-state index in [9.17, 15) is 18.8 Å². The Labute approximate surface area is 135 Å². The Morgan fingerprint density at radius 3 is 2.52 bits per heavy atom. The number of rotatable bonds is 3. The van der Waals surface area contributed by atoms with E-state index in [0.717, 1.165) is 0 Å². The van der Waals surface area contributed by atoms with Gasteiger partial charge in [-0.15, -0.1) is 0 Å². The van der Waals surface area contributed by atoms with Gasteiger partial charge in [0.1, 0.15) is 12.7 Å². The van der Waals surface area contributed by atoms with Crippen LogP contribution in [0, 0.1) is 5.92 Å². The van der Waals surface area contributed by atoms with Crippen molar-refractivity contribution in [3.8, 4) is 0 Å². The lowest BCUT2D eigenvalue weighted by atomic mass is 9.82. The van der Waals surface area contributed by atoms with Crippen LogP contribution in [0.4, 0.5) is 4.39 Å².